The van der Waals surface area contributed by atoms with Crippen LogP contribution in [0, 0.1) is 5.92 Å². The van der Waals surface area contributed by atoms with E-state index in [0.717, 1.165) is 12.8 Å². The van der Waals surface area contributed by atoms with Gasteiger partial charge in [0.25, 0.3) is 0 Å². The molecule has 0 aliphatic heterocycles. The standard InChI is InChI=1S/C21H42O3/c1-4-7-10-12-13-15-17-20(16-14-11-8-5-2)19-24-21(22)23-18-9-6-3/h20H,4-19H2,1-3H3. The molecule has 144 valence electrons. The summed E-state index contributed by atoms with van der Waals surface area (Å²) in [5.74, 6) is 0.506. The van der Waals surface area contributed by atoms with Crippen LogP contribution < -0.4 is 0 Å². The Kier molecular flexibility index (Phi) is 18.0. The molecule has 0 spiro atoms. The quantitative estimate of drug-likeness (QED) is 0.206. The summed E-state index contributed by atoms with van der Waals surface area (Å²) in [6.45, 7) is 7.59. The fourth-order valence-corrected chi connectivity index (χ4v) is 2.91. The second kappa shape index (κ2) is 18.6. The lowest BCUT2D eigenvalue weighted by Gasteiger charge is -2.17. The van der Waals surface area contributed by atoms with Crippen molar-refractivity contribution in [3.63, 3.8) is 0 Å². The first-order valence-electron chi connectivity index (χ1n) is 10.5. The molecule has 0 aromatic carbocycles. The third kappa shape index (κ3) is 16.1. The van der Waals surface area contributed by atoms with E-state index in [1.165, 1.54) is 77.0 Å². The van der Waals surface area contributed by atoms with E-state index in [1.807, 2.05) is 0 Å². The van der Waals surface area contributed by atoms with E-state index < -0.39 is 6.16 Å². The predicted molar refractivity (Wildman–Crippen MR) is 102 cm³/mol. The molecule has 0 amide bonds. The number of carbonyl (C=O) groups excluding carboxylic acids is 1. The van der Waals surface area contributed by atoms with E-state index in [1.54, 1.807) is 0 Å². The second-order valence-corrected chi connectivity index (χ2v) is 7.03. The number of carbonyl (C=O) groups is 1. The zero-order chi connectivity index (χ0) is 17.9. The highest BCUT2D eigenvalue weighted by Crippen LogP contribution is 2.19. The number of ether oxygens (including phenoxy) is 2. The van der Waals surface area contributed by atoms with Crippen molar-refractivity contribution >= 4 is 6.16 Å². The Labute approximate surface area is 150 Å². The van der Waals surface area contributed by atoms with Crippen LogP contribution in [-0.2, 0) is 9.47 Å². The Balaban J connectivity index is 3.91. The molecule has 0 aromatic heterocycles. The summed E-state index contributed by atoms with van der Waals surface area (Å²) in [5.41, 5.74) is 0. The molecular formula is C21H42O3. The van der Waals surface area contributed by atoms with E-state index >= 15 is 0 Å². The van der Waals surface area contributed by atoms with Crippen molar-refractivity contribution in [1.82, 2.24) is 0 Å². The van der Waals surface area contributed by atoms with E-state index in [4.69, 9.17) is 9.47 Å². The topological polar surface area (TPSA) is 35.5 Å². The first-order chi connectivity index (χ1) is 11.7. The van der Waals surface area contributed by atoms with Crippen LogP contribution in [0.15, 0.2) is 0 Å². The molecule has 0 N–H and O–H groups in total. The van der Waals surface area contributed by atoms with Gasteiger partial charge in [-0.2, -0.15) is 0 Å². The first-order valence-corrected chi connectivity index (χ1v) is 10.5. The average Bonchev–Trinajstić information content (AvgIpc) is 2.59. The maximum Gasteiger partial charge on any atom is 0.508 e. The maximum absolute atomic E-state index is 11.6. The third-order valence-electron chi connectivity index (χ3n) is 4.59. The zero-order valence-corrected chi connectivity index (χ0v) is 16.6. The fraction of sp³-hybridized carbons (Fsp3) is 0.952. The van der Waals surface area contributed by atoms with Crippen molar-refractivity contribution in [2.24, 2.45) is 5.92 Å². The van der Waals surface area contributed by atoms with Crippen LogP contribution in [0.4, 0.5) is 4.79 Å². The molecule has 0 aromatic rings. The molecule has 0 heterocycles. The van der Waals surface area contributed by atoms with Crippen LogP contribution >= 0.6 is 0 Å². The van der Waals surface area contributed by atoms with Crippen molar-refractivity contribution in [2.45, 2.75) is 111 Å². The van der Waals surface area contributed by atoms with Crippen LogP contribution in [0.25, 0.3) is 0 Å². The van der Waals surface area contributed by atoms with Crippen LogP contribution in [0.5, 0.6) is 0 Å². The first kappa shape index (κ1) is 23.3. The van der Waals surface area contributed by atoms with Crippen LogP contribution in [0.1, 0.15) is 111 Å². The van der Waals surface area contributed by atoms with E-state index in [0.29, 0.717) is 19.1 Å². The lowest BCUT2D eigenvalue weighted by Crippen LogP contribution is -2.16. The molecule has 0 bridgehead atoms. The summed E-state index contributed by atoms with van der Waals surface area (Å²) >= 11 is 0. The fourth-order valence-electron chi connectivity index (χ4n) is 2.91. The van der Waals surface area contributed by atoms with Gasteiger partial charge in [-0.3, -0.25) is 0 Å². The van der Waals surface area contributed by atoms with E-state index in [9.17, 15) is 4.79 Å². The minimum Gasteiger partial charge on any atom is -0.434 e. The van der Waals surface area contributed by atoms with E-state index in [2.05, 4.69) is 20.8 Å². The number of hydrogen-bond donors (Lipinski definition) is 0. The second-order valence-electron chi connectivity index (χ2n) is 7.03. The molecule has 1 atom stereocenters. The molecule has 24 heavy (non-hydrogen) atoms. The SMILES string of the molecule is CCCCCCCCC(CCCCCC)COC(=O)OCCCC. The molecule has 0 aliphatic carbocycles. The van der Waals surface area contributed by atoms with Crippen molar-refractivity contribution in [2.75, 3.05) is 13.2 Å². The van der Waals surface area contributed by atoms with Crippen molar-refractivity contribution in [1.29, 1.82) is 0 Å². The van der Waals surface area contributed by atoms with Crippen molar-refractivity contribution < 1.29 is 14.3 Å². The van der Waals surface area contributed by atoms with Gasteiger partial charge < -0.3 is 9.47 Å². The zero-order valence-electron chi connectivity index (χ0n) is 16.6. The smallest absolute Gasteiger partial charge is 0.434 e. The Morgan fingerprint density at radius 3 is 1.75 bits per heavy atom. The van der Waals surface area contributed by atoms with Crippen LogP contribution in [0.2, 0.25) is 0 Å². The largest absolute Gasteiger partial charge is 0.508 e. The molecule has 3 nitrogen and oxygen atoms in total. The summed E-state index contributed by atoms with van der Waals surface area (Å²) in [5, 5.41) is 0. The average molecular weight is 343 g/mol. The monoisotopic (exact) mass is 342 g/mol. The van der Waals surface area contributed by atoms with Crippen molar-refractivity contribution in [3.8, 4) is 0 Å². The Hall–Kier alpha value is -0.730. The van der Waals surface area contributed by atoms with Gasteiger partial charge in [0.15, 0.2) is 0 Å². The molecule has 0 saturated heterocycles. The normalized spacial score (nSPS) is 12.1. The summed E-state index contributed by atoms with van der Waals surface area (Å²) in [6, 6.07) is 0. The summed E-state index contributed by atoms with van der Waals surface area (Å²) < 4.78 is 10.4. The van der Waals surface area contributed by atoms with Gasteiger partial charge in [0.1, 0.15) is 0 Å². The maximum atomic E-state index is 11.6. The van der Waals surface area contributed by atoms with Crippen LogP contribution in [0.3, 0.4) is 0 Å². The van der Waals surface area contributed by atoms with Crippen LogP contribution in [-0.4, -0.2) is 19.4 Å². The van der Waals surface area contributed by atoms with E-state index in [-0.39, 0.29) is 0 Å². The lowest BCUT2D eigenvalue weighted by molar-refractivity contribution is 0.0409. The summed E-state index contributed by atoms with van der Waals surface area (Å²) in [6.07, 6.45) is 16.9. The Morgan fingerprint density at radius 2 is 1.17 bits per heavy atom. The Bertz CT molecular complexity index is 266. The highest BCUT2D eigenvalue weighted by atomic mass is 16.7. The van der Waals surface area contributed by atoms with Gasteiger partial charge in [0.05, 0.1) is 13.2 Å². The van der Waals surface area contributed by atoms with Gasteiger partial charge in [0, 0.05) is 0 Å². The lowest BCUT2D eigenvalue weighted by atomic mass is 9.95. The Morgan fingerprint density at radius 1 is 0.667 bits per heavy atom. The van der Waals surface area contributed by atoms with Gasteiger partial charge in [-0.25, -0.2) is 4.79 Å². The summed E-state index contributed by atoms with van der Waals surface area (Å²) in [7, 11) is 0. The number of rotatable bonds is 17. The van der Waals surface area contributed by atoms with Gasteiger partial charge in [-0.15, -0.1) is 0 Å². The van der Waals surface area contributed by atoms with Gasteiger partial charge in [0.2, 0.25) is 0 Å². The molecular weight excluding hydrogens is 300 g/mol. The molecule has 0 rings (SSSR count). The summed E-state index contributed by atoms with van der Waals surface area (Å²) in [4.78, 5) is 11.6. The predicted octanol–water partition coefficient (Wildman–Crippen LogP) is 7.28. The number of hydrogen-bond acceptors (Lipinski definition) is 3. The van der Waals surface area contributed by atoms with Gasteiger partial charge in [-0.05, 0) is 25.2 Å². The van der Waals surface area contributed by atoms with Gasteiger partial charge in [-0.1, -0.05) is 91.4 Å². The molecule has 1 unspecified atom stereocenters. The molecule has 0 radical (unpaired) electrons. The minimum atomic E-state index is -0.482. The highest BCUT2D eigenvalue weighted by Gasteiger charge is 2.12. The minimum absolute atomic E-state index is 0.480. The molecule has 3 heteroatoms. The number of unbranched alkanes of at least 4 members (excludes halogenated alkanes) is 9. The molecule has 0 aliphatic rings. The third-order valence-corrected chi connectivity index (χ3v) is 4.59. The molecule has 0 fully saturated rings. The van der Waals surface area contributed by atoms with Crippen molar-refractivity contribution in [3.05, 3.63) is 0 Å². The highest BCUT2D eigenvalue weighted by molar-refractivity contribution is 5.59. The van der Waals surface area contributed by atoms with Gasteiger partial charge >= 0.3 is 6.16 Å². The molecule has 0 saturated carbocycles.